The summed E-state index contributed by atoms with van der Waals surface area (Å²) in [6.07, 6.45) is 18.7. The van der Waals surface area contributed by atoms with Crippen molar-refractivity contribution in [2.75, 3.05) is 0 Å². The zero-order chi connectivity index (χ0) is 26.5. The van der Waals surface area contributed by atoms with E-state index in [9.17, 15) is 0 Å². The van der Waals surface area contributed by atoms with Gasteiger partial charge in [0.05, 0.1) is 0 Å². The predicted octanol–water partition coefficient (Wildman–Crippen LogP) is 3.17. The van der Waals surface area contributed by atoms with E-state index in [-0.39, 0.29) is 35.6 Å². The third-order valence-electron chi connectivity index (χ3n) is 8.83. The molecule has 0 heterocycles. The summed E-state index contributed by atoms with van der Waals surface area (Å²) in [4.78, 5) is 0. The van der Waals surface area contributed by atoms with Crippen molar-refractivity contribution < 1.29 is 47.6 Å². The van der Waals surface area contributed by atoms with Crippen LogP contribution in [0.15, 0.2) is 30.4 Å². The number of halogens is 2. The largest absolute Gasteiger partial charge is 1.00 e. The van der Waals surface area contributed by atoms with Crippen molar-refractivity contribution >= 4 is 12.1 Å². The van der Waals surface area contributed by atoms with Crippen molar-refractivity contribution in [1.29, 1.82) is 0 Å². The molecule has 2 aromatic rings. The molecule has 0 nitrogen and oxygen atoms in total. The van der Waals surface area contributed by atoms with Gasteiger partial charge in [-0.05, 0) is 0 Å². The molecule has 0 bridgehead atoms. The van der Waals surface area contributed by atoms with Crippen LogP contribution >= 0.6 is 0 Å². The van der Waals surface area contributed by atoms with E-state index in [4.69, 9.17) is 0 Å². The summed E-state index contributed by atoms with van der Waals surface area (Å²) in [6.45, 7) is 19.4. The van der Waals surface area contributed by atoms with Crippen LogP contribution in [0.4, 0.5) is 0 Å². The van der Waals surface area contributed by atoms with Crippen LogP contribution in [0.2, 0.25) is 0 Å². The van der Waals surface area contributed by atoms with Gasteiger partial charge in [0.25, 0.3) is 0 Å². The molecule has 39 heavy (non-hydrogen) atoms. The van der Waals surface area contributed by atoms with E-state index in [0.29, 0.717) is 0 Å². The third kappa shape index (κ3) is 6.22. The fraction of sp³-hybridized carbons (Fsp3) is 0.528. The maximum atomic E-state index is 2.59. The van der Waals surface area contributed by atoms with Crippen molar-refractivity contribution in [2.45, 2.75) is 124 Å². The first-order valence-corrected chi connectivity index (χ1v) is 17.4. The van der Waals surface area contributed by atoms with E-state index in [1.54, 1.807) is 50.1 Å². The molecule has 1 saturated carbocycles. The van der Waals surface area contributed by atoms with E-state index in [0.717, 1.165) is 25.7 Å². The number of rotatable bonds is 4. The quantitative estimate of drug-likeness (QED) is 0.411. The molecule has 0 N–H and O–H groups in total. The Morgan fingerprint density at radius 1 is 0.795 bits per heavy atom. The summed E-state index contributed by atoms with van der Waals surface area (Å²) in [6, 6.07) is 5.14. The van der Waals surface area contributed by atoms with Crippen molar-refractivity contribution in [3.05, 3.63) is 69.3 Å². The topological polar surface area (TPSA) is 0 Å². The first-order valence-electron chi connectivity index (χ1n) is 14.9. The van der Waals surface area contributed by atoms with Crippen molar-refractivity contribution in [3.8, 4) is 11.1 Å². The summed E-state index contributed by atoms with van der Waals surface area (Å²) in [5.74, 6) is 0. The maximum absolute atomic E-state index is 2.59. The normalized spacial score (nSPS) is 16.2. The van der Waals surface area contributed by atoms with Gasteiger partial charge >= 0.3 is 239 Å². The van der Waals surface area contributed by atoms with Gasteiger partial charge in [-0.15, -0.1) is 0 Å². The molecule has 0 atom stereocenters. The second kappa shape index (κ2) is 12.6. The molecule has 3 aliphatic rings. The minimum absolute atomic E-state index is 0. The van der Waals surface area contributed by atoms with Gasteiger partial charge in [0.2, 0.25) is 0 Å². The number of fused-ring (bicyclic) bond motifs is 3. The fourth-order valence-electron chi connectivity index (χ4n) is 6.98. The van der Waals surface area contributed by atoms with Crippen molar-refractivity contribution in [3.63, 3.8) is 0 Å². The first kappa shape index (κ1) is 32.8. The number of aryl methyl sites for hydroxylation is 1. The molecule has 0 radical (unpaired) electrons. The second-order valence-corrected chi connectivity index (χ2v) is 17.2. The van der Waals surface area contributed by atoms with Crippen molar-refractivity contribution in [2.24, 2.45) is 0 Å². The number of benzene rings is 2. The zero-order valence-electron chi connectivity index (χ0n) is 25.5. The summed E-state index contributed by atoms with van der Waals surface area (Å²) in [7, 11) is 0. The molecule has 0 aromatic heterocycles. The van der Waals surface area contributed by atoms with Crippen LogP contribution < -0.4 is 28.1 Å². The van der Waals surface area contributed by atoms with Crippen LogP contribution in [-0.4, -0.2) is 3.21 Å². The molecule has 1 fully saturated rings. The Morgan fingerprint density at radius 3 is 2.03 bits per heavy atom. The van der Waals surface area contributed by atoms with Gasteiger partial charge in [-0.1, -0.05) is 0 Å². The zero-order valence-corrected chi connectivity index (χ0v) is 29.5. The fourth-order valence-corrected chi connectivity index (χ4v) is 11.8. The average Bonchev–Trinajstić information content (AvgIpc) is 3.51. The van der Waals surface area contributed by atoms with Gasteiger partial charge in [-0.2, -0.15) is 0 Å². The SMILES string of the molecule is CCc1cc(C(C)(C)C)cc2c1-c1c([c]([Zr+2]=[C]3CCCCC3)c(C(C)(C)C)c(C3=CC=CC3)c1CC)C2.[Cl-].[Cl-]. The number of hydrogen-bond acceptors (Lipinski definition) is 0. The molecule has 209 valence electrons. The van der Waals surface area contributed by atoms with Crippen molar-refractivity contribution in [1.82, 2.24) is 0 Å². The van der Waals surface area contributed by atoms with Crippen LogP contribution in [0, 0.1) is 0 Å². The molecule has 0 amide bonds. The maximum Gasteiger partial charge on any atom is -1.00 e. The smallest absolute Gasteiger partial charge is 1.00 e. The molecular formula is C36H47Cl2Zr. The van der Waals surface area contributed by atoms with Gasteiger partial charge < -0.3 is 24.8 Å². The predicted molar refractivity (Wildman–Crippen MR) is 160 cm³/mol. The summed E-state index contributed by atoms with van der Waals surface area (Å²) in [5, 5.41) is 0. The van der Waals surface area contributed by atoms with Crippen LogP contribution in [0.25, 0.3) is 16.7 Å². The van der Waals surface area contributed by atoms with Crippen LogP contribution in [0.3, 0.4) is 0 Å². The molecule has 3 heteroatoms. The van der Waals surface area contributed by atoms with E-state index in [1.807, 2.05) is 6.48 Å². The minimum Gasteiger partial charge on any atom is -1.00 e. The second-order valence-electron chi connectivity index (χ2n) is 13.6. The standard InChI is InChI=1S/C30H37.C6H10.2ClH.Zr/c1-9-19-16-23(29(3,4)5)17-21-15-22-18-25(30(6,7)8)27(20-13-11-12-14-20)24(10-2)28(22)26(19)21;1-2-4-6-5-3-1;;;/h11-13,16-17H,9-10,14-15H2,1-8H3;1-5H2;2*1H;/q;;;;+2/p-2. The molecule has 3 aliphatic carbocycles. The first-order chi connectivity index (χ1) is 17.5. The van der Waals surface area contributed by atoms with Gasteiger partial charge in [-0.3, -0.25) is 0 Å². The van der Waals surface area contributed by atoms with Crippen LogP contribution in [-0.2, 0) is 52.8 Å². The minimum atomic E-state index is -0.830. The Labute approximate surface area is 262 Å². The molecule has 2 aromatic carbocycles. The molecular weight excluding hydrogens is 595 g/mol. The summed E-state index contributed by atoms with van der Waals surface area (Å²) in [5.41, 5.74) is 16.6. The van der Waals surface area contributed by atoms with Crippen LogP contribution in [0.5, 0.6) is 0 Å². The summed E-state index contributed by atoms with van der Waals surface area (Å²) >= 11 is -0.830. The van der Waals surface area contributed by atoms with Gasteiger partial charge in [-0.25, -0.2) is 0 Å². The molecule has 0 unspecified atom stereocenters. The Hall–Kier alpha value is -0.747. The van der Waals surface area contributed by atoms with E-state index in [2.05, 4.69) is 85.8 Å². The van der Waals surface area contributed by atoms with Crippen LogP contribution in [0.1, 0.15) is 133 Å². The van der Waals surface area contributed by atoms with E-state index < -0.39 is 22.8 Å². The van der Waals surface area contributed by atoms with Gasteiger partial charge in [0, 0.05) is 0 Å². The van der Waals surface area contributed by atoms with Gasteiger partial charge in [0.15, 0.2) is 0 Å². The Kier molecular flexibility index (Phi) is 10.6. The van der Waals surface area contributed by atoms with E-state index in [1.165, 1.54) is 37.7 Å². The average molecular weight is 642 g/mol. The molecule has 0 saturated heterocycles. The Bertz CT molecular complexity index is 1320. The molecule has 5 rings (SSSR count). The molecule has 0 spiro atoms. The third-order valence-corrected chi connectivity index (χ3v) is 12.9. The van der Waals surface area contributed by atoms with E-state index >= 15 is 0 Å². The number of allylic oxidation sites excluding steroid dienone is 4. The number of hydrogen-bond donors (Lipinski definition) is 0. The Balaban J connectivity index is 0.00000210. The monoisotopic (exact) mass is 639 g/mol. The molecule has 0 aliphatic heterocycles. The Morgan fingerprint density at radius 2 is 1.49 bits per heavy atom. The summed E-state index contributed by atoms with van der Waals surface area (Å²) < 4.78 is 3.83. The van der Waals surface area contributed by atoms with Gasteiger partial charge in [0.1, 0.15) is 0 Å².